The highest BCUT2D eigenvalue weighted by atomic mass is 16.5. The molecule has 2 amide bonds. The van der Waals surface area contributed by atoms with Gasteiger partial charge < -0.3 is 15.4 Å². The van der Waals surface area contributed by atoms with Crippen LogP contribution in [0.2, 0.25) is 0 Å². The summed E-state index contributed by atoms with van der Waals surface area (Å²) in [4.78, 5) is 25.2. The number of rotatable bonds is 8. The van der Waals surface area contributed by atoms with Gasteiger partial charge in [0.05, 0.1) is 5.69 Å². The molecule has 0 aliphatic carbocycles. The average Bonchev–Trinajstić information content (AvgIpc) is 2.63. The molecule has 0 radical (unpaired) electrons. The predicted molar refractivity (Wildman–Crippen MR) is 108 cm³/mol. The fraction of sp³-hybridized carbons (Fsp3) is 0.364. The minimum Gasteiger partial charge on any atom is -0.455 e. The van der Waals surface area contributed by atoms with E-state index in [0.717, 1.165) is 6.42 Å². The number of ether oxygens (including phenoxy) is 1. The summed E-state index contributed by atoms with van der Waals surface area (Å²) in [5.41, 5.74) is -0.675. The van der Waals surface area contributed by atoms with Crippen LogP contribution in [0.3, 0.4) is 0 Å². The quantitative estimate of drug-likeness (QED) is 0.669. The molecule has 0 aromatic heterocycles. The molecule has 2 N–H and O–H groups in total. The molecule has 27 heavy (non-hydrogen) atoms. The van der Waals surface area contributed by atoms with Gasteiger partial charge in [-0.3, -0.25) is 9.59 Å². The summed E-state index contributed by atoms with van der Waals surface area (Å²) >= 11 is 0. The van der Waals surface area contributed by atoms with Crippen molar-refractivity contribution in [3.8, 4) is 11.5 Å². The molecule has 5 nitrogen and oxygen atoms in total. The number of para-hydroxylation sites is 3. The molecule has 5 heteroatoms. The molecule has 0 fully saturated rings. The highest BCUT2D eigenvalue weighted by Crippen LogP contribution is 2.30. The summed E-state index contributed by atoms with van der Waals surface area (Å²) < 4.78 is 5.86. The van der Waals surface area contributed by atoms with Gasteiger partial charge in [0.2, 0.25) is 11.8 Å². The maximum atomic E-state index is 12.7. The zero-order valence-electron chi connectivity index (χ0n) is 16.4. The molecule has 0 aliphatic heterocycles. The van der Waals surface area contributed by atoms with E-state index in [-0.39, 0.29) is 11.8 Å². The molecule has 144 valence electrons. The van der Waals surface area contributed by atoms with Crippen molar-refractivity contribution in [3.63, 3.8) is 0 Å². The Labute approximate surface area is 161 Å². The van der Waals surface area contributed by atoms with Crippen molar-refractivity contribution >= 4 is 17.5 Å². The summed E-state index contributed by atoms with van der Waals surface area (Å²) in [6.07, 6.45) is 0.872. The van der Waals surface area contributed by atoms with Crippen molar-refractivity contribution in [1.82, 2.24) is 5.32 Å². The molecule has 0 bridgehead atoms. The molecule has 2 aromatic rings. The van der Waals surface area contributed by atoms with Gasteiger partial charge in [-0.05, 0) is 50.5 Å². The normalized spacial score (nSPS) is 11.1. The summed E-state index contributed by atoms with van der Waals surface area (Å²) in [6.45, 7) is 7.98. The molecule has 0 aliphatic rings. The molecule has 0 saturated heterocycles. The third-order valence-corrected chi connectivity index (χ3v) is 4.25. The van der Waals surface area contributed by atoms with Crippen molar-refractivity contribution in [2.45, 2.75) is 34.1 Å². The Hall–Kier alpha value is -2.82. The molecular weight excluding hydrogens is 340 g/mol. The second-order valence-electron chi connectivity index (χ2n) is 7.43. The number of carbonyl (C=O) groups excluding carboxylic acids is 2. The third-order valence-electron chi connectivity index (χ3n) is 4.25. The van der Waals surface area contributed by atoms with Crippen LogP contribution in [0.25, 0.3) is 0 Å². The first kappa shape index (κ1) is 20.5. The monoisotopic (exact) mass is 368 g/mol. The van der Waals surface area contributed by atoms with Gasteiger partial charge in [-0.15, -0.1) is 0 Å². The first-order valence-corrected chi connectivity index (χ1v) is 9.22. The summed E-state index contributed by atoms with van der Waals surface area (Å²) in [7, 11) is 0. The van der Waals surface area contributed by atoms with E-state index in [4.69, 9.17) is 4.74 Å². The van der Waals surface area contributed by atoms with Gasteiger partial charge >= 0.3 is 0 Å². The summed E-state index contributed by atoms with van der Waals surface area (Å²) in [5.74, 6) is 1.01. The maximum Gasteiger partial charge on any atom is 0.239 e. The number of benzene rings is 2. The van der Waals surface area contributed by atoms with Crippen LogP contribution in [0, 0.1) is 11.3 Å². The van der Waals surface area contributed by atoms with Gasteiger partial charge in [-0.2, -0.15) is 0 Å². The minimum atomic E-state index is -1.20. The van der Waals surface area contributed by atoms with Crippen LogP contribution in [0.15, 0.2) is 54.6 Å². The van der Waals surface area contributed by atoms with Crippen LogP contribution in [0.1, 0.15) is 34.1 Å². The predicted octanol–water partition coefficient (Wildman–Crippen LogP) is 4.61. The second kappa shape index (κ2) is 9.21. The Morgan fingerprint density at radius 1 is 0.963 bits per heavy atom. The average molecular weight is 368 g/mol. The highest BCUT2D eigenvalue weighted by molar-refractivity contribution is 6.10. The summed E-state index contributed by atoms with van der Waals surface area (Å²) in [6, 6.07) is 16.5. The minimum absolute atomic E-state index is 0.290. The topological polar surface area (TPSA) is 67.4 Å². The van der Waals surface area contributed by atoms with E-state index >= 15 is 0 Å². The number of hydrogen-bond donors (Lipinski definition) is 2. The van der Waals surface area contributed by atoms with E-state index in [1.165, 1.54) is 0 Å². The molecule has 2 rings (SSSR count). The number of anilines is 1. The Bertz CT molecular complexity index is 770. The lowest BCUT2D eigenvalue weighted by Crippen LogP contribution is -2.45. The van der Waals surface area contributed by atoms with Crippen LogP contribution in [0.4, 0.5) is 5.69 Å². The van der Waals surface area contributed by atoms with E-state index in [9.17, 15) is 9.59 Å². The van der Waals surface area contributed by atoms with Gasteiger partial charge in [-0.1, -0.05) is 44.2 Å². The van der Waals surface area contributed by atoms with E-state index in [0.29, 0.717) is 29.6 Å². The van der Waals surface area contributed by atoms with Gasteiger partial charge in [0.15, 0.2) is 5.75 Å². The van der Waals surface area contributed by atoms with Crippen molar-refractivity contribution in [1.29, 1.82) is 0 Å². The van der Waals surface area contributed by atoms with Crippen molar-refractivity contribution in [3.05, 3.63) is 54.6 Å². The number of hydrogen-bond acceptors (Lipinski definition) is 3. The largest absolute Gasteiger partial charge is 0.455 e. The van der Waals surface area contributed by atoms with E-state index < -0.39 is 5.41 Å². The molecule has 0 saturated carbocycles. The lowest BCUT2D eigenvalue weighted by molar-refractivity contribution is -0.138. The van der Waals surface area contributed by atoms with Crippen LogP contribution >= 0.6 is 0 Å². The Morgan fingerprint density at radius 2 is 1.59 bits per heavy atom. The zero-order valence-corrected chi connectivity index (χ0v) is 16.4. The van der Waals surface area contributed by atoms with E-state index in [1.54, 1.807) is 26.0 Å². The molecule has 0 spiro atoms. The number of amides is 2. The molecule has 2 aromatic carbocycles. The third kappa shape index (κ3) is 5.84. The van der Waals surface area contributed by atoms with Crippen molar-refractivity contribution < 1.29 is 14.3 Å². The SMILES string of the molecule is CC(C)CCNC(=O)C(C)(C)C(=O)Nc1ccccc1Oc1ccccc1. The number of nitrogens with one attached hydrogen (secondary N) is 2. The van der Waals surface area contributed by atoms with Crippen LogP contribution in [0.5, 0.6) is 11.5 Å². The standard InChI is InChI=1S/C22H28N2O3/c1-16(2)14-15-23-20(25)22(3,4)21(26)24-18-12-8-9-13-19(18)27-17-10-6-5-7-11-17/h5-13,16H,14-15H2,1-4H3,(H,23,25)(H,24,26). The Balaban J connectivity index is 2.07. The zero-order chi connectivity index (χ0) is 19.9. The van der Waals surface area contributed by atoms with Crippen molar-refractivity contribution in [2.75, 3.05) is 11.9 Å². The van der Waals surface area contributed by atoms with Gasteiger partial charge in [0.25, 0.3) is 0 Å². The molecule has 0 heterocycles. The fourth-order valence-corrected chi connectivity index (χ4v) is 2.35. The van der Waals surface area contributed by atoms with Crippen molar-refractivity contribution in [2.24, 2.45) is 11.3 Å². The van der Waals surface area contributed by atoms with Gasteiger partial charge in [0, 0.05) is 6.54 Å². The molecule has 0 atom stereocenters. The lowest BCUT2D eigenvalue weighted by atomic mass is 9.90. The smallest absolute Gasteiger partial charge is 0.239 e. The lowest BCUT2D eigenvalue weighted by Gasteiger charge is -2.23. The van der Waals surface area contributed by atoms with Gasteiger partial charge in [-0.25, -0.2) is 0 Å². The molecular formula is C22H28N2O3. The Morgan fingerprint density at radius 3 is 2.26 bits per heavy atom. The van der Waals surface area contributed by atoms with Crippen LogP contribution in [-0.4, -0.2) is 18.4 Å². The Kier molecular flexibility index (Phi) is 6.99. The fourth-order valence-electron chi connectivity index (χ4n) is 2.35. The second-order valence-corrected chi connectivity index (χ2v) is 7.43. The van der Waals surface area contributed by atoms with Gasteiger partial charge in [0.1, 0.15) is 11.2 Å². The van der Waals surface area contributed by atoms with Crippen LogP contribution < -0.4 is 15.4 Å². The van der Waals surface area contributed by atoms with Crippen LogP contribution in [-0.2, 0) is 9.59 Å². The van der Waals surface area contributed by atoms with E-state index in [2.05, 4.69) is 24.5 Å². The highest BCUT2D eigenvalue weighted by Gasteiger charge is 2.36. The molecule has 0 unspecified atom stereocenters. The van der Waals surface area contributed by atoms with E-state index in [1.807, 2.05) is 42.5 Å². The first-order chi connectivity index (χ1) is 12.8. The number of carbonyl (C=O) groups is 2. The maximum absolute atomic E-state index is 12.7. The first-order valence-electron chi connectivity index (χ1n) is 9.22. The summed E-state index contributed by atoms with van der Waals surface area (Å²) in [5, 5.41) is 5.67.